The molecule has 0 radical (unpaired) electrons. The molecule has 2 N–H and O–H groups in total. The fourth-order valence-corrected chi connectivity index (χ4v) is 2.43. The van der Waals surface area contributed by atoms with Crippen molar-refractivity contribution in [2.45, 2.75) is 26.4 Å². The smallest absolute Gasteiger partial charge is 0.321 e. The van der Waals surface area contributed by atoms with Gasteiger partial charge in [0.25, 0.3) is 0 Å². The molecule has 23 heavy (non-hydrogen) atoms. The Morgan fingerprint density at radius 1 is 1.39 bits per heavy atom. The Hall–Kier alpha value is -2.44. The van der Waals surface area contributed by atoms with Crippen LogP contribution in [-0.4, -0.2) is 48.3 Å². The number of anilines is 1. The molecule has 7 heteroatoms. The number of aliphatic carboxylic acids is 1. The number of carboxylic acids is 1. The van der Waals surface area contributed by atoms with Crippen LogP contribution in [0.2, 0.25) is 0 Å². The molecular weight excluding hydrogens is 300 g/mol. The summed E-state index contributed by atoms with van der Waals surface area (Å²) in [5.74, 6) is -0.229. The number of rotatable bonds is 5. The minimum absolute atomic E-state index is 0.0396. The largest absolute Gasteiger partial charge is 0.497 e. The third-order valence-electron chi connectivity index (χ3n) is 3.62. The molecule has 0 bridgehead atoms. The van der Waals surface area contributed by atoms with Crippen molar-refractivity contribution in [3.63, 3.8) is 0 Å². The zero-order valence-corrected chi connectivity index (χ0v) is 13.5. The van der Waals surface area contributed by atoms with Crippen molar-refractivity contribution in [1.29, 1.82) is 0 Å². The lowest BCUT2D eigenvalue weighted by Gasteiger charge is -2.20. The van der Waals surface area contributed by atoms with Gasteiger partial charge in [-0.25, -0.2) is 4.79 Å². The first-order valence-corrected chi connectivity index (χ1v) is 7.54. The third-order valence-corrected chi connectivity index (χ3v) is 3.62. The zero-order chi connectivity index (χ0) is 17.0. The summed E-state index contributed by atoms with van der Waals surface area (Å²) in [5, 5.41) is 11.8. The lowest BCUT2D eigenvalue weighted by Crippen LogP contribution is -2.34. The SMILES string of the molecule is COc1ccc(OC(C)C)c(NC(=O)N2CCC(C(=O)O)C2)c1. The van der Waals surface area contributed by atoms with Gasteiger partial charge in [0.15, 0.2) is 0 Å². The fourth-order valence-electron chi connectivity index (χ4n) is 2.43. The molecule has 1 aliphatic heterocycles. The van der Waals surface area contributed by atoms with E-state index in [1.165, 1.54) is 4.90 Å². The standard InChI is InChI=1S/C16H22N2O5/c1-10(2)23-14-5-4-12(22-3)8-13(14)17-16(21)18-7-6-11(9-18)15(19)20/h4-5,8,10-11H,6-7,9H2,1-3H3,(H,17,21)(H,19,20). The topological polar surface area (TPSA) is 88.1 Å². The van der Waals surface area contributed by atoms with E-state index in [1.807, 2.05) is 13.8 Å². The molecule has 126 valence electrons. The van der Waals surface area contributed by atoms with E-state index in [2.05, 4.69) is 5.32 Å². The predicted molar refractivity (Wildman–Crippen MR) is 85.1 cm³/mol. The van der Waals surface area contributed by atoms with Gasteiger partial charge < -0.3 is 24.8 Å². The number of hydrogen-bond acceptors (Lipinski definition) is 4. The van der Waals surface area contributed by atoms with Crippen LogP contribution >= 0.6 is 0 Å². The van der Waals surface area contributed by atoms with Gasteiger partial charge in [-0.3, -0.25) is 4.79 Å². The summed E-state index contributed by atoms with van der Waals surface area (Å²) in [7, 11) is 1.54. The highest BCUT2D eigenvalue weighted by atomic mass is 16.5. The molecule has 1 aromatic rings. The lowest BCUT2D eigenvalue weighted by molar-refractivity contribution is -0.141. The van der Waals surface area contributed by atoms with E-state index in [0.29, 0.717) is 30.2 Å². The van der Waals surface area contributed by atoms with Crippen molar-refractivity contribution >= 4 is 17.7 Å². The quantitative estimate of drug-likeness (QED) is 0.869. The minimum atomic E-state index is -0.870. The van der Waals surface area contributed by atoms with E-state index < -0.39 is 11.9 Å². The fraction of sp³-hybridized carbons (Fsp3) is 0.500. The number of carboxylic acid groups (broad SMARTS) is 1. The second kappa shape index (κ2) is 7.21. The Morgan fingerprint density at radius 3 is 2.70 bits per heavy atom. The average molecular weight is 322 g/mol. The summed E-state index contributed by atoms with van der Waals surface area (Å²) in [4.78, 5) is 24.8. The second-order valence-electron chi connectivity index (χ2n) is 5.73. The first-order valence-electron chi connectivity index (χ1n) is 7.54. The van der Waals surface area contributed by atoms with Crippen molar-refractivity contribution < 1.29 is 24.2 Å². The maximum atomic E-state index is 12.3. The van der Waals surface area contributed by atoms with Gasteiger partial charge in [0.2, 0.25) is 0 Å². The monoisotopic (exact) mass is 322 g/mol. The van der Waals surface area contributed by atoms with Gasteiger partial charge in [-0.15, -0.1) is 0 Å². The van der Waals surface area contributed by atoms with Gasteiger partial charge in [0.05, 0.1) is 24.8 Å². The Labute approximate surface area is 135 Å². The maximum Gasteiger partial charge on any atom is 0.321 e. The van der Waals surface area contributed by atoms with Crippen LogP contribution in [0.1, 0.15) is 20.3 Å². The molecule has 1 fully saturated rings. The molecule has 1 aromatic carbocycles. The van der Waals surface area contributed by atoms with Gasteiger partial charge >= 0.3 is 12.0 Å². The van der Waals surface area contributed by atoms with Gasteiger partial charge in [-0.05, 0) is 32.4 Å². The molecule has 1 aliphatic rings. The summed E-state index contributed by atoms with van der Waals surface area (Å²) >= 11 is 0. The molecule has 0 aliphatic carbocycles. The zero-order valence-electron chi connectivity index (χ0n) is 13.5. The van der Waals surface area contributed by atoms with Crippen LogP contribution < -0.4 is 14.8 Å². The molecule has 2 amide bonds. The van der Waals surface area contributed by atoms with Gasteiger partial charge in [0, 0.05) is 19.2 Å². The van der Waals surface area contributed by atoms with E-state index in [4.69, 9.17) is 14.6 Å². The molecule has 0 aromatic heterocycles. The average Bonchev–Trinajstić information content (AvgIpc) is 2.98. The van der Waals surface area contributed by atoms with Gasteiger partial charge in [-0.1, -0.05) is 0 Å². The van der Waals surface area contributed by atoms with E-state index in [9.17, 15) is 9.59 Å². The number of ether oxygens (including phenoxy) is 2. The number of nitrogens with zero attached hydrogens (tertiary/aromatic N) is 1. The van der Waals surface area contributed by atoms with Crippen LogP contribution in [-0.2, 0) is 4.79 Å². The van der Waals surface area contributed by atoms with Crippen LogP contribution in [0.5, 0.6) is 11.5 Å². The van der Waals surface area contributed by atoms with Crippen molar-refractivity contribution in [2.75, 3.05) is 25.5 Å². The Kier molecular flexibility index (Phi) is 5.31. The summed E-state index contributed by atoms with van der Waals surface area (Å²) in [5.41, 5.74) is 0.502. The highest BCUT2D eigenvalue weighted by molar-refractivity contribution is 5.92. The summed E-state index contributed by atoms with van der Waals surface area (Å²) in [6, 6.07) is 4.83. The van der Waals surface area contributed by atoms with Crippen molar-refractivity contribution in [2.24, 2.45) is 5.92 Å². The van der Waals surface area contributed by atoms with Crippen LogP contribution in [0.4, 0.5) is 10.5 Å². The maximum absolute atomic E-state index is 12.3. The third kappa shape index (κ3) is 4.28. The van der Waals surface area contributed by atoms with Crippen molar-refractivity contribution in [3.8, 4) is 11.5 Å². The summed E-state index contributed by atoms with van der Waals surface area (Å²) in [6.07, 6.45) is 0.429. The van der Waals surface area contributed by atoms with Gasteiger partial charge in [-0.2, -0.15) is 0 Å². The second-order valence-corrected chi connectivity index (χ2v) is 5.73. The number of carbonyl (C=O) groups excluding carboxylic acids is 1. The Morgan fingerprint density at radius 2 is 2.13 bits per heavy atom. The number of carbonyl (C=O) groups is 2. The molecule has 1 heterocycles. The number of nitrogens with one attached hydrogen (secondary N) is 1. The van der Waals surface area contributed by atoms with E-state index in [1.54, 1.807) is 25.3 Å². The van der Waals surface area contributed by atoms with Crippen LogP contribution in [0.3, 0.4) is 0 Å². The van der Waals surface area contributed by atoms with E-state index in [-0.39, 0.29) is 18.7 Å². The highest BCUT2D eigenvalue weighted by Gasteiger charge is 2.31. The van der Waals surface area contributed by atoms with Crippen LogP contribution in [0.25, 0.3) is 0 Å². The predicted octanol–water partition coefficient (Wildman–Crippen LogP) is 2.42. The molecule has 1 saturated heterocycles. The molecule has 0 spiro atoms. The van der Waals surface area contributed by atoms with Crippen LogP contribution in [0, 0.1) is 5.92 Å². The molecule has 0 saturated carbocycles. The van der Waals surface area contributed by atoms with E-state index >= 15 is 0 Å². The van der Waals surface area contributed by atoms with E-state index in [0.717, 1.165) is 0 Å². The molecule has 1 unspecified atom stereocenters. The minimum Gasteiger partial charge on any atom is -0.497 e. The first kappa shape index (κ1) is 16.9. The lowest BCUT2D eigenvalue weighted by atomic mass is 10.1. The Bertz CT molecular complexity index is 588. The number of amides is 2. The van der Waals surface area contributed by atoms with Gasteiger partial charge in [0.1, 0.15) is 11.5 Å². The molecule has 7 nitrogen and oxygen atoms in total. The first-order chi connectivity index (χ1) is 10.9. The number of likely N-dealkylation sites (tertiary alicyclic amines) is 1. The summed E-state index contributed by atoms with van der Waals surface area (Å²) in [6.45, 7) is 4.43. The Balaban J connectivity index is 2.11. The van der Waals surface area contributed by atoms with Crippen LogP contribution in [0.15, 0.2) is 18.2 Å². The van der Waals surface area contributed by atoms with Crippen molar-refractivity contribution in [1.82, 2.24) is 4.90 Å². The molecule has 1 atom stereocenters. The molecule has 2 rings (SSSR count). The number of hydrogen-bond donors (Lipinski definition) is 2. The number of benzene rings is 1. The number of methoxy groups -OCH3 is 1. The van der Waals surface area contributed by atoms with Crippen molar-refractivity contribution in [3.05, 3.63) is 18.2 Å². The number of urea groups is 1. The summed E-state index contributed by atoms with van der Waals surface area (Å²) < 4.78 is 10.9. The normalized spacial score (nSPS) is 17.2. The highest BCUT2D eigenvalue weighted by Crippen LogP contribution is 2.30. The molecular formula is C16H22N2O5.